The van der Waals surface area contributed by atoms with Crippen LogP contribution in [0.2, 0.25) is 5.02 Å². The van der Waals surface area contributed by atoms with Crippen LogP contribution in [0.3, 0.4) is 0 Å². The van der Waals surface area contributed by atoms with E-state index in [-0.39, 0.29) is 23.2 Å². The van der Waals surface area contributed by atoms with E-state index < -0.39 is 18.4 Å². The Balaban J connectivity index is 1.70. The minimum Gasteiger partial charge on any atom is -0.434 e. The van der Waals surface area contributed by atoms with Gasteiger partial charge in [0.1, 0.15) is 23.0 Å². The Hall–Kier alpha value is -3.57. The van der Waals surface area contributed by atoms with E-state index >= 15 is 0 Å². The number of ether oxygens (including phenoxy) is 1. The summed E-state index contributed by atoms with van der Waals surface area (Å²) in [5, 5.41) is 13.7. The van der Waals surface area contributed by atoms with Crippen molar-refractivity contribution in [3.63, 3.8) is 0 Å². The maximum atomic E-state index is 13.2. The number of carbonyl (C=O) groups is 1. The number of nitrogens with zero attached hydrogens (tertiary/aromatic N) is 3. The normalized spacial score (nSPS) is 19.7. The molecule has 0 atom stereocenters. The molecule has 3 aliphatic rings. The topological polar surface area (TPSA) is 119 Å². The second-order valence-corrected chi connectivity index (χ2v) is 8.66. The molecule has 3 heterocycles. The number of halogens is 3. The van der Waals surface area contributed by atoms with Gasteiger partial charge in [0.25, 0.3) is 5.91 Å². The fourth-order valence-corrected chi connectivity index (χ4v) is 4.34. The van der Waals surface area contributed by atoms with E-state index in [4.69, 9.17) is 27.5 Å². The molecule has 0 unspecified atom stereocenters. The standard InChI is InChI=1S/C23H24ClF2N7O2/c1-32-9-5-14(6-10-32)33-12-16(19(33)15-11-13(24)3-4-17(15)35-23(25)26)31-22(34)18(20(27)28)21-29-7-2-8-30-21/h2-4,7-8,11-12,14,23H,5-6,9-10H2,1H3,(H4-,27,28,29,30,31,34)/p+1. The molecule has 184 valence electrons. The number of nitrogens with two attached hydrogens (primary N) is 1. The number of rotatable bonds is 7. The highest BCUT2D eigenvalue weighted by molar-refractivity contribution is 6.31. The number of nitrogens with one attached hydrogen (secondary N) is 3. The fraction of sp³-hybridized carbons (Fsp3) is 0.304. The van der Waals surface area contributed by atoms with Crippen molar-refractivity contribution in [2.24, 2.45) is 10.7 Å². The van der Waals surface area contributed by atoms with E-state index in [9.17, 15) is 13.6 Å². The molecule has 0 aliphatic carbocycles. The number of allylic oxidation sites excluding steroid dienone is 2. The summed E-state index contributed by atoms with van der Waals surface area (Å²) in [5.74, 6) is -1.09. The number of hydrogen-bond acceptors (Lipinski definition) is 6. The summed E-state index contributed by atoms with van der Waals surface area (Å²) in [4.78, 5) is 19.4. The number of hydrogen-bond donors (Lipinski definition) is 4. The van der Waals surface area contributed by atoms with Crippen LogP contribution in [0.15, 0.2) is 58.8 Å². The zero-order chi connectivity index (χ0) is 25.1. The first kappa shape index (κ1) is 24.6. The number of amides is 1. The van der Waals surface area contributed by atoms with Gasteiger partial charge in [-0.05, 0) is 31.3 Å². The van der Waals surface area contributed by atoms with Crippen LogP contribution in [-0.2, 0) is 4.79 Å². The molecule has 12 heteroatoms. The third kappa shape index (κ3) is 5.41. The molecule has 0 aromatic heterocycles. The molecule has 1 aromatic carbocycles. The van der Waals surface area contributed by atoms with E-state index in [2.05, 4.69) is 20.5 Å². The van der Waals surface area contributed by atoms with Gasteiger partial charge in [0.05, 0.1) is 5.56 Å². The average molecular weight is 505 g/mol. The molecular weight excluding hydrogens is 480 g/mol. The number of alkyl halides is 2. The van der Waals surface area contributed by atoms with E-state index in [0.29, 0.717) is 22.0 Å². The summed E-state index contributed by atoms with van der Waals surface area (Å²) in [6.07, 6.45) is 8.08. The van der Waals surface area contributed by atoms with Gasteiger partial charge in [-0.25, -0.2) is 4.99 Å². The van der Waals surface area contributed by atoms with Crippen LogP contribution in [0, 0.1) is 5.41 Å². The van der Waals surface area contributed by atoms with Gasteiger partial charge in [0.2, 0.25) is 5.71 Å². The highest BCUT2D eigenvalue weighted by Crippen LogP contribution is 2.31. The third-order valence-electron chi connectivity index (χ3n) is 5.86. The minimum atomic E-state index is -3.04. The van der Waals surface area contributed by atoms with Gasteiger partial charge in [-0.1, -0.05) is 11.6 Å². The maximum Gasteiger partial charge on any atom is 0.387 e. The van der Waals surface area contributed by atoms with Gasteiger partial charge >= 0.3 is 6.61 Å². The Kier molecular flexibility index (Phi) is 7.27. The van der Waals surface area contributed by atoms with Crippen molar-refractivity contribution >= 4 is 35.3 Å². The number of aliphatic imine (C=N–C) groups is 1. The smallest absolute Gasteiger partial charge is 0.387 e. The first-order chi connectivity index (χ1) is 16.7. The average Bonchev–Trinajstić information content (AvgIpc) is 2.79. The lowest BCUT2D eigenvalue weighted by Crippen LogP contribution is -2.47. The number of likely N-dealkylation sites (tertiary alicyclic amines) is 1. The largest absolute Gasteiger partial charge is 0.434 e. The number of amidine groups is 1. The van der Waals surface area contributed by atoms with Crippen molar-refractivity contribution < 1.29 is 22.9 Å². The highest BCUT2D eigenvalue weighted by atomic mass is 35.5. The van der Waals surface area contributed by atoms with Gasteiger partial charge in [0, 0.05) is 43.4 Å². The van der Waals surface area contributed by atoms with Crippen LogP contribution in [0.5, 0.6) is 5.75 Å². The molecule has 0 bridgehead atoms. The van der Waals surface area contributed by atoms with E-state index in [1.165, 1.54) is 24.4 Å². The maximum absolute atomic E-state index is 13.2. The lowest BCUT2D eigenvalue weighted by molar-refractivity contribution is -0.516. The molecule has 9 nitrogen and oxygen atoms in total. The molecule has 1 amide bonds. The second-order valence-electron chi connectivity index (χ2n) is 8.23. The molecule has 1 fully saturated rings. The number of benzene rings is 1. The monoisotopic (exact) mass is 504 g/mol. The summed E-state index contributed by atoms with van der Waals surface area (Å²) in [6.45, 7) is -1.29. The number of piperidine rings is 1. The van der Waals surface area contributed by atoms with Gasteiger partial charge < -0.3 is 26.0 Å². The molecule has 0 spiro atoms. The molecule has 35 heavy (non-hydrogen) atoms. The van der Waals surface area contributed by atoms with Crippen LogP contribution in [0.25, 0.3) is 0 Å². The first-order valence-corrected chi connectivity index (χ1v) is 11.3. The zero-order valence-corrected chi connectivity index (χ0v) is 19.6. The Bertz CT molecular complexity index is 1200. The first-order valence-electron chi connectivity index (χ1n) is 10.9. The second kappa shape index (κ2) is 10.4. The molecule has 4 rings (SSSR count). The van der Waals surface area contributed by atoms with E-state index in [0.717, 1.165) is 25.9 Å². The highest BCUT2D eigenvalue weighted by Gasteiger charge is 2.41. The molecular formula is C23H25ClF2N7O2+. The quantitative estimate of drug-likeness (QED) is 0.196. The van der Waals surface area contributed by atoms with Crippen molar-refractivity contribution in [2.75, 3.05) is 20.1 Å². The van der Waals surface area contributed by atoms with Crippen molar-refractivity contribution in [3.8, 4) is 5.75 Å². The summed E-state index contributed by atoms with van der Waals surface area (Å²) in [5.41, 5.74) is 6.70. The van der Waals surface area contributed by atoms with E-state index in [1.807, 2.05) is 11.6 Å². The molecule has 0 saturated carbocycles. The molecule has 1 saturated heterocycles. The Morgan fingerprint density at radius 1 is 1.40 bits per heavy atom. The number of carbonyl (C=O) groups excluding carboxylic acids is 1. The molecule has 1 aromatic rings. The van der Waals surface area contributed by atoms with Crippen LogP contribution >= 0.6 is 11.6 Å². The van der Waals surface area contributed by atoms with Crippen LogP contribution < -0.4 is 21.1 Å². The fourth-order valence-electron chi connectivity index (χ4n) is 4.16. The molecule has 3 aliphatic heterocycles. The predicted octanol–water partition coefficient (Wildman–Crippen LogP) is 2.14. The lowest BCUT2D eigenvalue weighted by Gasteiger charge is -2.30. The summed E-state index contributed by atoms with van der Waals surface area (Å²) < 4.78 is 33.0. The Labute approximate surface area is 205 Å². The van der Waals surface area contributed by atoms with E-state index in [1.54, 1.807) is 18.5 Å². The minimum absolute atomic E-state index is 0.0639. The lowest BCUT2D eigenvalue weighted by atomic mass is 9.96. The van der Waals surface area contributed by atoms with Crippen molar-refractivity contribution in [2.45, 2.75) is 25.5 Å². The van der Waals surface area contributed by atoms with Gasteiger partial charge in [-0.15, -0.1) is 0 Å². The summed E-state index contributed by atoms with van der Waals surface area (Å²) in [7, 11) is 2.04. The van der Waals surface area contributed by atoms with Crippen LogP contribution in [-0.4, -0.2) is 65.9 Å². The van der Waals surface area contributed by atoms with Crippen molar-refractivity contribution in [3.05, 3.63) is 64.4 Å². The predicted molar refractivity (Wildman–Crippen MR) is 129 cm³/mol. The molecule has 0 radical (unpaired) electrons. The summed E-state index contributed by atoms with van der Waals surface area (Å²) in [6, 6.07) is 4.46. The third-order valence-corrected chi connectivity index (χ3v) is 6.10. The van der Waals surface area contributed by atoms with Crippen molar-refractivity contribution in [1.82, 2.24) is 15.5 Å². The molecule has 5 N–H and O–H groups in total. The Morgan fingerprint density at radius 2 is 2.14 bits per heavy atom. The zero-order valence-electron chi connectivity index (χ0n) is 18.9. The van der Waals surface area contributed by atoms with Gasteiger partial charge in [-0.2, -0.15) is 13.4 Å². The van der Waals surface area contributed by atoms with Crippen LogP contribution in [0.1, 0.15) is 18.4 Å². The van der Waals surface area contributed by atoms with Crippen molar-refractivity contribution in [1.29, 1.82) is 5.41 Å². The van der Waals surface area contributed by atoms with Gasteiger partial charge in [0.15, 0.2) is 17.9 Å². The summed E-state index contributed by atoms with van der Waals surface area (Å²) >= 11 is 6.21. The Morgan fingerprint density at radius 3 is 2.77 bits per heavy atom. The van der Waals surface area contributed by atoms with Crippen LogP contribution in [0.4, 0.5) is 8.78 Å². The SMILES string of the molecule is CN1CCC([N+]2=C(c3cc(Cl)ccc3OC(F)F)C(NC(=O)/C(C(=N)N)=C3\N=CC=CN3)=C2)CC1. The van der Waals surface area contributed by atoms with Gasteiger partial charge in [-0.3, -0.25) is 10.2 Å².